The van der Waals surface area contributed by atoms with Crippen molar-refractivity contribution >= 4 is 64.5 Å². The van der Waals surface area contributed by atoms with E-state index in [2.05, 4.69) is 16.0 Å². The van der Waals surface area contributed by atoms with Crippen LogP contribution in [0.15, 0.2) is 108 Å². The molecule has 0 aliphatic rings. The van der Waals surface area contributed by atoms with Crippen molar-refractivity contribution in [2.45, 2.75) is 11.8 Å². The Morgan fingerprint density at radius 3 is 2.29 bits per heavy atom. The maximum Gasteiger partial charge on any atom is 0.335 e. The fraction of sp³-hybridized carbons (Fsp3) is 0.0625. The van der Waals surface area contributed by atoms with Gasteiger partial charge in [-0.25, -0.2) is 4.79 Å². The molecule has 0 heterocycles. The highest BCUT2D eigenvalue weighted by Crippen LogP contribution is 2.24. The molecule has 0 saturated carbocycles. The van der Waals surface area contributed by atoms with Gasteiger partial charge in [-0.1, -0.05) is 54.1 Å². The van der Waals surface area contributed by atoms with Crippen LogP contribution in [-0.2, 0) is 9.59 Å². The molecule has 4 aromatic rings. The van der Waals surface area contributed by atoms with Gasteiger partial charge < -0.3 is 21.1 Å². The molecule has 0 aliphatic heterocycles. The molecule has 212 valence electrons. The number of nitrogens with one attached hydrogen (secondary N) is 3. The fourth-order valence-electron chi connectivity index (χ4n) is 3.76. The van der Waals surface area contributed by atoms with Crippen molar-refractivity contribution in [3.8, 4) is 0 Å². The number of benzene rings is 4. The van der Waals surface area contributed by atoms with Crippen LogP contribution in [0.5, 0.6) is 0 Å². The summed E-state index contributed by atoms with van der Waals surface area (Å²) in [6, 6.07) is 26.8. The molecule has 4 aromatic carbocycles. The zero-order chi connectivity index (χ0) is 30.1. The van der Waals surface area contributed by atoms with Crippen LogP contribution in [0.4, 0.5) is 11.4 Å². The smallest absolute Gasteiger partial charge is 0.335 e. The number of carboxylic acids is 1. The quantitative estimate of drug-likeness (QED) is 0.122. The summed E-state index contributed by atoms with van der Waals surface area (Å²) in [5, 5.41) is 18.0. The van der Waals surface area contributed by atoms with Gasteiger partial charge in [-0.3, -0.25) is 14.4 Å². The van der Waals surface area contributed by atoms with Crippen LogP contribution in [0.1, 0.15) is 31.8 Å². The van der Waals surface area contributed by atoms with Crippen LogP contribution in [0.3, 0.4) is 0 Å². The molecule has 42 heavy (non-hydrogen) atoms. The Labute approximate surface area is 251 Å². The van der Waals surface area contributed by atoms with Crippen molar-refractivity contribution in [1.82, 2.24) is 5.32 Å². The molecular formula is C32H26ClN3O5S. The molecule has 4 rings (SSSR count). The minimum absolute atomic E-state index is 0.0302. The molecule has 0 spiro atoms. The lowest BCUT2D eigenvalue weighted by molar-refractivity contribution is -0.114. The summed E-state index contributed by atoms with van der Waals surface area (Å²) in [4.78, 5) is 50.7. The van der Waals surface area contributed by atoms with E-state index in [1.54, 1.807) is 97.9 Å². The summed E-state index contributed by atoms with van der Waals surface area (Å²) in [5.74, 6) is -2.31. The third-order valence-corrected chi connectivity index (χ3v) is 7.18. The van der Waals surface area contributed by atoms with Crippen LogP contribution in [0.2, 0.25) is 5.02 Å². The third-order valence-electron chi connectivity index (χ3n) is 5.93. The largest absolute Gasteiger partial charge is 0.478 e. The molecule has 0 aromatic heterocycles. The number of halogens is 1. The number of aromatic carboxylic acids is 1. The summed E-state index contributed by atoms with van der Waals surface area (Å²) in [7, 11) is 0. The molecule has 4 N–H and O–H groups in total. The number of thioether (sulfide) groups is 1. The minimum atomic E-state index is -1.08. The Balaban J connectivity index is 1.44. The SMILES string of the molecule is Cc1ccc(C(=O)O)cc1NC(=O)CSc1cccc(NC(=O)/C(=C\c2ccc(Cl)cc2)NC(=O)c2ccccc2)c1. The van der Waals surface area contributed by atoms with E-state index in [-0.39, 0.29) is 22.9 Å². The molecule has 0 aliphatic carbocycles. The van der Waals surface area contributed by atoms with Crippen molar-refractivity contribution in [3.63, 3.8) is 0 Å². The number of aryl methyl sites for hydroxylation is 1. The van der Waals surface area contributed by atoms with Crippen LogP contribution >= 0.6 is 23.4 Å². The topological polar surface area (TPSA) is 125 Å². The predicted molar refractivity (Wildman–Crippen MR) is 166 cm³/mol. The lowest BCUT2D eigenvalue weighted by Crippen LogP contribution is -2.30. The molecule has 0 bridgehead atoms. The lowest BCUT2D eigenvalue weighted by Gasteiger charge is -2.12. The van der Waals surface area contributed by atoms with Crippen LogP contribution in [0, 0.1) is 6.92 Å². The van der Waals surface area contributed by atoms with Crippen LogP contribution < -0.4 is 16.0 Å². The second-order valence-corrected chi connectivity index (χ2v) is 10.6. The Morgan fingerprint density at radius 2 is 1.57 bits per heavy atom. The van der Waals surface area contributed by atoms with Gasteiger partial charge in [0.05, 0.1) is 11.3 Å². The molecule has 0 fully saturated rings. The summed E-state index contributed by atoms with van der Waals surface area (Å²) in [6.07, 6.45) is 1.55. The highest BCUT2D eigenvalue weighted by atomic mass is 35.5. The molecule has 10 heteroatoms. The van der Waals surface area contributed by atoms with E-state index in [9.17, 15) is 24.3 Å². The van der Waals surface area contributed by atoms with Gasteiger partial charge in [-0.15, -0.1) is 11.8 Å². The van der Waals surface area contributed by atoms with Crippen LogP contribution in [0.25, 0.3) is 6.08 Å². The van der Waals surface area contributed by atoms with E-state index in [0.29, 0.717) is 27.5 Å². The van der Waals surface area contributed by atoms with Gasteiger partial charge >= 0.3 is 5.97 Å². The van der Waals surface area contributed by atoms with Gasteiger partial charge in [-0.2, -0.15) is 0 Å². The van der Waals surface area contributed by atoms with E-state index in [4.69, 9.17) is 11.6 Å². The molecule has 3 amide bonds. The van der Waals surface area contributed by atoms with Crippen molar-refractivity contribution in [3.05, 3.63) is 130 Å². The average Bonchev–Trinajstić information content (AvgIpc) is 2.98. The van der Waals surface area contributed by atoms with Gasteiger partial charge in [0.1, 0.15) is 5.70 Å². The van der Waals surface area contributed by atoms with E-state index >= 15 is 0 Å². The molecule has 8 nitrogen and oxygen atoms in total. The normalized spacial score (nSPS) is 11.0. The number of rotatable bonds is 10. The second kappa shape index (κ2) is 14.2. The molecule has 0 saturated heterocycles. The number of carbonyl (C=O) groups excluding carboxylic acids is 3. The van der Waals surface area contributed by atoms with Crippen molar-refractivity contribution < 1.29 is 24.3 Å². The Kier molecular flexibility index (Phi) is 10.1. The fourth-order valence-corrected chi connectivity index (χ4v) is 4.64. The van der Waals surface area contributed by atoms with Gasteiger partial charge in [-0.05, 0) is 78.7 Å². The molecular weight excluding hydrogens is 574 g/mol. The Bertz CT molecular complexity index is 1660. The number of carboxylic acid groups (broad SMARTS) is 1. The van der Waals surface area contributed by atoms with E-state index in [1.807, 2.05) is 0 Å². The van der Waals surface area contributed by atoms with Crippen molar-refractivity contribution in [1.29, 1.82) is 0 Å². The summed E-state index contributed by atoms with van der Waals surface area (Å²) in [5.41, 5.74) is 2.81. The van der Waals surface area contributed by atoms with Crippen molar-refractivity contribution in [2.24, 2.45) is 0 Å². The summed E-state index contributed by atoms with van der Waals surface area (Å²) in [6.45, 7) is 1.78. The maximum atomic E-state index is 13.3. The zero-order valence-electron chi connectivity index (χ0n) is 22.4. The summed E-state index contributed by atoms with van der Waals surface area (Å²) < 4.78 is 0. The first-order valence-corrected chi connectivity index (χ1v) is 14.1. The third kappa shape index (κ3) is 8.57. The van der Waals surface area contributed by atoms with E-state index < -0.39 is 17.8 Å². The first-order chi connectivity index (χ1) is 20.2. The first kappa shape index (κ1) is 30.1. The number of carbonyl (C=O) groups is 4. The Morgan fingerprint density at radius 1 is 0.833 bits per heavy atom. The van der Waals surface area contributed by atoms with E-state index in [0.717, 1.165) is 10.5 Å². The number of hydrogen-bond acceptors (Lipinski definition) is 5. The number of hydrogen-bond donors (Lipinski definition) is 4. The van der Waals surface area contributed by atoms with Gasteiger partial charge in [0.15, 0.2) is 0 Å². The van der Waals surface area contributed by atoms with Gasteiger partial charge in [0.25, 0.3) is 11.8 Å². The highest BCUT2D eigenvalue weighted by Gasteiger charge is 2.16. The van der Waals surface area contributed by atoms with Gasteiger partial charge in [0.2, 0.25) is 5.91 Å². The van der Waals surface area contributed by atoms with Gasteiger partial charge in [0, 0.05) is 26.9 Å². The van der Waals surface area contributed by atoms with Crippen molar-refractivity contribution in [2.75, 3.05) is 16.4 Å². The highest BCUT2D eigenvalue weighted by molar-refractivity contribution is 8.00. The second-order valence-electron chi connectivity index (χ2n) is 9.08. The van der Waals surface area contributed by atoms with E-state index in [1.165, 1.54) is 23.9 Å². The first-order valence-electron chi connectivity index (χ1n) is 12.7. The number of anilines is 2. The predicted octanol–water partition coefficient (Wildman–Crippen LogP) is 6.49. The zero-order valence-corrected chi connectivity index (χ0v) is 24.0. The van der Waals surface area contributed by atoms with Crippen LogP contribution in [-0.4, -0.2) is 34.6 Å². The lowest BCUT2D eigenvalue weighted by atomic mass is 10.1. The Hall–Kier alpha value is -4.86. The maximum absolute atomic E-state index is 13.3. The average molecular weight is 600 g/mol. The molecule has 0 radical (unpaired) electrons. The monoisotopic (exact) mass is 599 g/mol. The summed E-state index contributed by atoms with van der Waals surface area (Å²) >= 11 is 7.24. The minimum Gasteiger partial charge on any atom is -0.478 e. The molecule has 0 atom stereocenters. The number of amides is 3. The molecule has 0 unspecified atom stereocenters. The standard InChI is InChI=1S/C32H26ClN3O5S/c1-20-10-13-23(32(40)41)17-27(20)35-29(37)19-42-26-9-5-8-25(18-26)34-31(39)28(16-21-11-14-24(33)15-12-21)36-30(38)22-6-3-2-4-7-22/h2-18H,19H2,1H3,(H,34,39)(H,35,37)(H,36,38)(H,40,41)/b28-16+.